The fourth-order valence-corrected chi connectivity index (χ4v) is 5.88. The molecule has 0 atom stereocenters. The molecule has 0 aliphatic heterocycles. The number of aromatic hydroxyl groups is 2. The maximum absolute atomic E-state index is 11.1. The molecular formula is C42H36N2O10. The molecule has 12 heteroatoms. The van der Waals surface area contributed by atoms with E-state index in [1.54, 1.807) is 60.7 Å². The van der Waals surface area contributed by atoms with Gasteiger partial charge in [0.05, 0.1) is 41.8 Å². The molecule has 0 heterocycles. The summed E-state index contributed by atoms with van der Waals surface area (Å²) in [4.78, 5) is 32.0. The largest absolute Gasteiger partial charge is 0.507 e. The molecule has 0 saturated heterocycles. The van der Waals surface area contributed by atoms with E-state index in [-0.39, 0.29) is 29.5 Å². The molecule has 0 radical (unpaired) electrons. The number of carbonyl (C=O) groups excluding carboxylic acids is 1. The van der Waals surface area contributed by atoms with Crippen LogP contribution in [0, 0.1) is 20.2 Å². The Morgan fingerprint density at radius 1 is 0.593 bits per heavy atom. The van der Waals surface area contributed by atoms with Crippen LogP contribution in [0.4, 0.5) is 11.4 Å². The third kappa shape index (κ3) is 8.87. The van der Waals surface area contributed by atoms with Crippen LogP contribution in [0.2, 0.25) is 0 Å². The lowest BCUT2D eigenvalue weighted by atomic mass is 9.96. The molecule has 274 valence electrons. The Morgan fingerprint density at radius 3 is 1.37 bits per heavy atom. The number of aliphatic hydroxyl groups excluding tert-OH is 1. The zero-order chi connectivity index (χ0) is 38.8. The van der Waals surface area contributed by atoms with E-state index in [1.165, 1.54) is 38.5 Å². The summed E-state index contributed by atoms with van der Waals surface area (Å²) < 4.78 is 10.7. The van der Waals surface area contributed by atoms with Crippen molar-refractivity contribution >= 4 is 17.7 Å². The van der Waals surface area contributed by atoms with Crippen LogP contribution >= 0.6 is 0 Å². The van der Waals surface area contributed by atoms with Crippen molar-refractivity contribution in [1.82, 2.24) is 0 Å². The second-order valence-electron chi connectivity index (χ2n) is 12.1. The van der Waals surface area contributed by atoms with Crippen LogP contribution < -0.4 is 9.47 Å². The van der Waals surface area contributed by atoms with E-state index in [0.29, 0.717) is 63.3 Å². The Labute approximate surface area is 310 Å². The Bertz CT molecular complexity index is 2290. The number of aldehydes is 1. The molecule has 0 saturated carbocycles. The molecule has 0 amide bonds. The molecule has 6 aromatic carbocycles. The maximum atomic E-state index is 11.1. The van der Waals surface area contributed by atoms with Crippen LogP contribution in [-0.2, 0) is 19.4 Å². The second-order valence-corrected chi connectivity index (χ2v) is 12.1. The SMILES string of the molecule is COc1ccc(Cc2ccc(C=O)cc2)c(O)c1-c1cccc([N+](=O)[O-])c1.COc1ccc(Cc2ccc(CO)cc2)c(O)c1-c1cccc([N+](=O)[O-])c1. The van der Waals surface area contributed by atoms with Crippen molar-refractivity contribution in [2.75, 3.05) is 14.2 Å². The first-order valence-corrected chi connectivity index (χ1v) is 16.6. The summed E-state index contributed by atoms with van der Waals surface area (Å²) >= 11 is 0. The lowest BCUT2D eigenvalue weighted by Crippen LogP contribution is -1.96. The summed E-state index contributed by atoms with van der Waals surface area (Å²) in [6.07, 6.45) is 1.69. The highest BCUT2D eigenvalue weighted by Gasteiger charge is 2.19. The molecule has 6 aromatic rings. The molecule has 0 unspecified atom stereocenters. The number of phenols is 2. The van der Waals surface area contributed by atoms with Crippen molar-refractivity contribution in [2.45, 2.75) is 19.4 Å². The van der Waals surface area contributed by atoms with Gasteiger partial charge in [0.2, 0.25) is 0 Å². The maximum Gasteiger partial charge on any atom is 0.270 e. The van der Waals surface area contributed by atoms with Crippen molar-refractivity contribution in [3.8, 4) is 45.3 Å². The molecule has 0 aliphatic carbocycles. The third-order valence-electron chi connectivity index (χ3n) is 8.69. The molecule has 0 bridgehead atoms. The zero-order valence-corrected chi connectivity index (χ0v) is 29.3. The average molecular weight is 729 g/mol. The van der Waals surface area contributed by atoms with Crippen molar-refractivity contribution in [3.05, 3.63) is 175 Å². The fourth-order valence-electron chi connectivity index (χ4n) is 5.88. The van der Waals surface area contributed by atoms with Crippen molar-refractivity contribution in [2.24, 2.45) is 0 Å². The number of ether oxygens (including phenoxy) is 2. The van der Waals surface area contributed by atoms with Gasteiger partial charge in [0.25, 0.3) is 11.4 Å². The van der Waals surface area contributed by atoms with Gasteiger partial charge in [0, 0.05) is 42.7 Å². The predicted molar refractivity (Wildman–Crippen MR) is 203 cm³/mol. The average Bonchev–Trinajstić information content (AvgIpc) is 3.20. The molecule has 0 aromatic heterocycles. The van der Waals surface area contributed by atoms with Crippen LogP contribution in [0.15, 0.2) is 121 Å². The van der Waals surface area contributed by atoms with Crippen molar-refractivity contribution < 1.29 is 39.4 Å². The summed E-state index contributed by atoms with van der Waals surface area (Å²) in [7, 11) is 2.97. The van der Waals surface area contributed by atoms with Crippen molar-refractivity contribution in [1.29, 1.82) is 0 Å². The fraction of sp³-hybridized carbons (Fsp3) is 0.119. The Kier molecular flexibility index (Phi) is 12.3. The number of carbonyl (C=O) groups is 1. The summed E-state index contributed by atoms with van der Waals surface area (Å²) in [5.41, 5.74) is 6.32. The first-order chi connectivity index (χ1) is 26.1. The Hall–Kier alpha value is -7.05. The van der Waals surface area contributed by atoms with E-state index in [0.717, 1.165) is 23.0 Å². The number of phenolic OH excluding ortho intramolecular Hbond substituents is 2. The number of nitro benzene ring substituents is 2. The quantitative estimate of drug-likeness (QED) is 0.0628. The first-order valence-electron chi connectivity index (χ1n) is 16.6. The molecule has 6 rings (SSSR count). The van der Waals surface area contributed by atoms with Gasteiger partial charge in [-0.1, -0.05) is 84.9 Å². The lowest BCUT2D eigenvalue weighted by molar-refractivity contribution is -0.385. The molecular weight excluding hydrogens is 692 g/mol. The summed E-state index contributed by atoms with van der Waals surface area (Å²) in [5, 5.41) is 53.0. The number of methoxy groups -OCH3 is 2. The van der Waals surface area contributed by atoms with Gasteiger partial charge in [0.15, 0.2) is 0 Å². The van der Waals surface area contributed by atoms with E-state index in [1.807, 2.05) is 36.4 Å². The topological polar surface area (TPSA) is 182 Å². The highest BCUT2D eigenvalue weighted by molar-refractivity contribution is 5.81. The molecule has 12 nitrogen and oxygen atoms in total. The van der Waals surface area contributed by atoms with Crippen LogP contribution in [0.3, 0.4) is 0 Å². The van der Waals surface area contributed by atoms with Gasteiger partial charge in [-0.2, -0.15) is 0 Å². The summed E-state index contributed by atoms with van der Waals surface area (Å²) in [6.45, 7) is -0.0228. The van der Waals surface area contributed by atoms with Crippen molar-refractivity contribution in [3.63, 3.8) is 0 Å². The first kappa shape index (κ1) is 38.2. The minimum absolute atomic E-state index is 0.00862. The van der Waals surface area contributed by atoms with E-state index in [9.17, 15) is 35.2 Å². The number of nitro groups is 2. The Morgan fingerprint density at radius 2 is 1.00 bits per heavy atom. The van der Waals surface area contributed by atoms with Gasteiger partial charge >= 0.3 is 0 Å². The summed E-state index contributed by atoms with van der Waals surface area (Å²) in [6, 6.07) is 33.6. The van der Waals surface area contributed by atoms with E-state index in [2.05, 4.69) is 0 Å². The van der Waals surface area contributed by atoms with Crippen LogP contribution in [0.1, 0.15) is 38.2 Å². The smallest absolute Gasteiger partial charge is 0.270 e. The molecule has 0 spiro atoms. The zero-order valence-electron chi connectivity index (χ0n) is 29.3. The lowest BCUT2D eigenvalue weighted by Gasteiger charge is -2.14. The van der Waals surface area contributed by atoms with Gasteiger partial charge in [-0.25, -0.2) is 0 Å². The highest BCUT2D eigenvalue weighted by atomic mass is 16.6. The van der Waals surface area contributed by atoms with E-state index >= 15 is 0 Å². The monoisotopic (exact) mass is 728 g/mol. The molecule has 3 N–H and O–H groups in total. The second kappa shape index (κ2) is 17.4. The minimum Gasteiger partial charge on any atom is -0.507 e. The predicted octanol–water partition coefficient (Wildman–Crippen LogP) is 8.44. The minimum atomic E-state index is -0.481. The third-order valence-corrected chi connectivity index (χ3v) is 8.69. The van der Waals surface area contributed by atoms with Gasteiger partial charge in [-0.3, -0.25) is 25.0 Å². The van der Waals surface area contributed by atoms with Crippen LogP contribution in [0.25, 0.3) is 22.3 Å². The summed E-state index contributed by atoms with van der Waals surface area (Å²) in [5.74, 6) is 0.899. The molecule has 0 aliphatic rings. The number of aliphatic hydroxyl groups is 1. The van der Waals surface area contributed by atoms with Gasteiger partial charge < -0.3 is 24.8 Å². The van der Waals surface area contributed by atoms with E-state index < -0.39 is 9.85 Å². The van der Waals surface area contributed by atoms with Gasteiger partial charge in [0.1, 0.15) is 29.3 Å². The Balaban J connectivity index is 0.000000208. The van der Waals surface area contributed by atoms with Crippen LogP contribution in [-0.4, -0.2) is 45.7 Å². The number of non-ortho nitro benzene ring substituents is 2. The normalized spacial score (nSPS) is 10.5. The number of benzene rings is 6. The van der Waals surface area contributed by atoms with Gasteiger partial charge in [-0.15, -0.1) is 0 Å². The standard InChI is InChI=1S/C21H19NO5.C21H17NO5/c2*1-27-19-10-9-17(11-14-5-7-15(13-23)8-6-14)21(24)20(19)16-3-2-4-18(12-16)22(25)26/h2-10,12,23-24H,11,13H2,1H3;2-10,12-13,24H,11H2,1H3. The van der Waals surface area contributed by atoms with E-state index in [4.69, 9.17) is 14.6 Å². The number of rotatable bonds is 12. The number of hydrogen-bond acceptors (Lipinski definition) is 10. The molecule has 54 heavy (non-hydrogen) atoms. The van der Waals surface area contributed by atoms with Gasteiger partial charge in [-0.05, 0) is 51.1 Å². The molecule has 0 fully saturated rings. The number of nitrogens with zero attached hydrogens (tertiary/aromatic N) is 2. The highest BCUT2D eigenvalue weighted by Crippen LogP contribution is 2.43. The number of hydrogen-bond donors (Lipinski definition) is 3. The van der Waals surface area contributed by atoms with Crippen LogP contribution in [0.5, 0.6) is 23.0 Å².